The van der Waals surface area contributed by atoms with Crippen LogP contribution >= 0.6 is 0 Å². The highest BCUT2D eigenvalue weighted by atomic mass is 32.2. The number of H-pyrrole nitrogens is 1. The number of amides is 1. The fraction of sp³-hybridized carbons (Fsp3) is 0.556. The van der Waals surface area contributed by atoms with Gasteiger partial charge in [-0.3, -0.25) is 4.79 Å². The Hall–Kier alpha value is -1.41. The second kappa shape index (κ2) is 5.28. The van der Waals surface area contributed by atoms with Crippen molar-refractivity contribution in [2.24, 2.45) is 0 Å². The van der Waals surface area contributed by atoms with Gasteiger partial charge in [-0.2, -0.15) is 4.72 Å². The van der Waals surface area contributed by atoms with Gasteiger partial charge in [0.25, 0.3) is 10.0 Å². The molecule has 17 heavy (non-hydrogen) atoms. The van der Waals surface area contributed by atoms with Gasteiger partial charge in [0.15, 0.2) is 5.03 Å². The molecule has 0 spiro atoms. The van der Waals surface area contributed by atoms with Crippen molar-refractivity contribution in [2.75, 3.05) is 0 Å². The van der Waals surface area contributed by atoms with Gasteiger partial charge in [0.05, 0.1) is 18.6 Å². The number of hydrogen-bond acceptors (Lipinski definition) is 4. The van der Waals surface area contributed by atoms with Gasteiger partial charge >= 0.3 is 0 Å². The van der Waals surface area contributed by atoms with Crippen LogP contribution in [0.2, 0.25) is 0 Å². The first-order valence-electron chi connectivity index (χ1n) is 5.14. The maximum Gasteiger partial charge on any atom is 0.258 e. The third-order valence-corrected chi connectivity index (χ3v) is 3.38. The highest BCUT2D eigenvalue weighted by molar-refractivity contribution is 7.89. The van der Waals surface area contributed by atoms with E-state index in [0.29, 0.717) is 0 Å². The summed E-state index contributed by atoms with van der Waals surface area (Å²) in [4.78, 5) is 17.6. The highest BCUT2D eigenvalue weighted by Crippen LogP contribution is 2.03. The largest absolute Gasteiger partial charge is 0.353 e. The number of rotatable bonds is 5. The molecule has 1 aromatic heterocycles. The molecule has 7 nitrogen and oxygen atoms in total. The summed E-state index contributed by atoms with van der Waals surface area (Å²) in [7, 11) is -3.73. The molecule has 96 valence electrons. The zero-order valence-electron chi connectivity index (χ0n) is 9.89. The summed E-state index contributed by atoms with van der Waals surface area (Å²) in [5, 5.41) is 2.55. The molecule has 0 saturated carbocycles. The Morgan fingerprint density at radius 3 is 2.53 bits per heavy atom. The van der Waals surface area contributed by atoms with E-state index in [1.165, 1.54) is 19.4 Å². The molecule has 1 amide bonds. The minimum absolute atomic E-state index is 0.0402. The van der Waals surface area contributed by atoms with Crippen LogP contribution in [0.4, 0.5) is 0 Å². The topological polar surface area (TPSA) is 104 Å². The number of imidazole rings is 1. The number of carbonyl (C=O) groups is 1. The van der Waals surface area contributed by atoms with Gasteiger partial charge in [-0.1, -0.05) is 0 Å². The second-order valence-electron chi connectivity index (χ2n) is 3.92. The van der Waals surface area contributed by atoms with Crippen molar-refractivity contribution in [3.05, 3.63) is 12.5 Å². The molecule has 0 bridgehead atoms. The average molecular weight is 260 g/mol. The van der Waals surface area contributed by atoms with Gasteiger partial charge in [0, 0.05) is 6.04 Å². The maximum atomic E-state index is 11.7. The van der Waals surface area contributed by atoms with Crippen LogP contribution in [0.15, 0.2) is 17.6 Å². The number of carbonyl (C=O) groups excluding carboxylic acids is 1. The molecule has 1 rings (SSSR count). The number of aromatic nitrogens is 2. The van der Waals surface area contributed by atoms with E-state index in [-0.39, 0.29) is 17.0 Å². The molecule has 0 radical (unpaired) electrons. The van der Waals surface area contributed by atoms with Crippen LogP contribution in [-0.2, 0) is 14.8 Å². The number of nitrogens with zero attached hydrogens (tertiary/aromatic N) is 1. The summed E-state index contributed by atoms with van der Waals surface area (Å²) in [6, 6.07) is -0.882. The van der Waals surface area contributed by atoms with E-state index in [0.717, 1.165) is 0 Å². The Morgan fingerprint density at radius 2 is 2.06 bits per heavy atom. The van der Waals surface area contributed by atoms with Gasteiger partial charge < -0.3 is 10.3 Å². The molecule has 8 heteroatoms. The van der Waals surface area contributed by atoms with E-state index >= 15 is 0 Å². The first-order chi connectivity index (χ1) is 7.83. The van der Waals surface area contributed by atoms with Crippen LogP contribution in [0.25, 0.3) is 0 Å². The Kier molecular flexibility index (Phi) is 4.24. The maximum absolute atomic E-state index is 11.7. The van der Waals surface area contributed by atoms with E-state index in [1.807, 2.05) is 0 Å². The van der Waals surface area contributed by atoms with Gasteiger partial charge in [-0.15, -0.1) is 0 Å². The van der Waals surface area contributed by atoms with E-state index in [4.69, 9.17) is 0 Å². The van der Waals surface area contributed by atoms with Crippen LogP contribution in [-0.4, -0.2) is 36.4 Å². The average Bonchev–Trinajstić information content (AvgIpc) is 2.68. The highest BCUT2D eigenvalue weighted by Gasteiger charge is 2.23. The third-order valence-electron chi connectivity index (χ3n) is 1.92. The Morgan fingerprint density at radius 1 is 1.41 bits per heavy atom. The summed E-state index contributed by atoms with van der Waals surface area (Å²) in [5.41, 5.74) is 0. The van der Waals surface area contributed by atoms with Crippen molar-refractivity contribution in [1.82, 2.24) is 20.0 Å². The molecule has 0 aliphatic rings. The van der Waals surface area contributed by atoms with Crippen LogP contribution in [0.3, 0.4) is 0 Å². The first-order valence-corrected chi connectivity index (χ1v) is 6.62. The molecule has 0 aromatic carbocycles. The molecule has 3 N–H and O–H groups in total. The van der Waals surface area contributed by atoms with Gasteiger partial charge in [0.2, 0.25) is 5.91 Å². The molecule has 0 aliphatic carbocycles. The molecule has 1 heterocycles. The third kappa shape index (κ3) is 3.82. The number of nitrogens with one attached hydrogen (secondary N) is 3. The second-order valence-corrected chi connectivity index (χ2v) is 5.60. The van der Waals surface area contributed by atoms with E-state index in [1.54, 1.807) is 13.8 Å². The Labute approximate surface area is 100 Å². The fourth-order valence-corrected chi connectivity index (χ4v) is 2.26. The van der Waals surface area contributed by atoms with Crippen molar-refractivity contribution >= 4 is 15.9 Å². The number of hydrogen-bond donors (Lipinski definition) is 3. The standard InChI is InChI=1S/C9H16N4O3S/c1-6(2)12-9(14)7(3)13-17(15,16)8-4-10-5-11-8/h4-7,13H,1-3H3,(H,10,11)(H,12,14). The zero-order valence-corrected chi connectivity index (χ0v) is 10.7. The summed E-state index contributed by atoms with van der Waals surface area (Å²) >= 11 is 0. The molecule has 1 aromatic rings. The van der Waals surface area contributed by atoms with E-state index < -0.39 is 16.1 Å². The van der Waals surface area contributed by atoms with Crippen molar-refractivity contribution in [3.63, 3.8) is 0 Å². The van der Waals surface area contributed by atoms with Crippen molar-refractivity contribution in [1.29, 1.82) is 0 Å². The van der Waals surface area contributed by atoms with Crippen LogP contribution in [0, 0.1) is 0 Å². The van der Waals surface area contributed by atoms with Gasteiger partial charge in [0.1, 0.15) is 0 Å². The van der Waals surface area contributed by atoms with E-state index in [9.17, 15) is 13.2 Å². The van der Waals surface area contributed by atoms with Crippen LogP contribution in [0.1, 0.15) is 20.8 Å². The monoisotopic (exact) mass is 260 g/mol. The van der Waals surface area contributed by atoms with Crippen molar-refractivity contribution in [2.45, 2.75) is 37.9 Å². The molecule has 1 unspecified atom stereocenters. The van der Waals surface area contributed by atoms with Crippen LogP contribution < -0.4 is 10.0 Å². The van der Waals surface area contributed by atoms with Crippen molar-refractivity contribution in [3.8, 4) is 0 Å². The zero-order chi connectivity index (χ0) is 13.1. The molecule has 0 aliphatic heterocycles. The van der Waals surface area contributed by atoms with Gasteiger partial charge in [-0.25, -0.2) is 13.4 Å². The summed E-state index contributed by atoms with van der Waals surface area (Å²) in [5.74, 6) is -0.372. The lowest BCUT2D eigenvalue weighted by Gasteiger charge is -2.15. The predicted octanol–water partition coefficient (Wildman–Crippen LogP) is -0.399. The molecule has 0 saturated heterocycles. The Bertz CT molecular complexity index is 466. The fourth-order valence-electron chi connectivity index (χ4n) is 1.15. The molecular weight excluding hydrogens is 244 g/mol. The summed E-state index contributed by atoms with van der Waals surface area (Å²) < 4.78 is 25.7. The lowest BCUT2D eigenvalue weighted by molar-refractivity contribution is -0.122. The smallest absolute Gasteiger partial charge is 0.258 e. The lowest BCUT2D eigenvalue weighted by atomic mass is 10.3. The lowest BCUT2D eigenvalue weighted by Crippen LogP contribution is -2.46. The molecule has 0 fully saturated rings. The minimum atomic E-state index is -3.73. The summed E-state index contributed by atoms with van der Waals surface area (Å²) in [6.45, 7) is 5.08. The minimum Gasteiger partial charge on any atom is -0.353 e. The van der Waals surface area contributed by atoms with Gasteiger partial charge in [-0.05, 0) is 20.8 Å². The van der Waals surface area contributed by atoms with Crippen LogP contribution in [0.5, 0.6) is 0 Å². The number of aromatic amines is 1. The Balaban J connectivity index is 2.69. The van der Waals surface area contributed by atoms with E-state index in [2.05, 4.69) is 20.0 Å². The SMILES string of the molecule is CC(C)NC(=O)C(C)NS(=O)(=O)c1cnc[nH]1. The number of sulfonamides is 1. The summed E-state index contributed by atoms with van der Waals surface area (Å²) in [6.07, 6.45) is 2.43. The quantitative estimate of drug-likeness (QED) is 0.670. The molecule has 1 atom stereocenters. The molecular formula is C9H16N4O3S. The normalized spacial score (nSPS) is 13.6. The predicted molar refractivity (Wildman–Crippen MR) is 61.6 cm³/mol. The van der Waals surface area contributed by atoms with Crippen molar-refractivity contribution < 1.29 is 13.2 Å². The first kappa shape index (κ1) is 13.7.